The molecule has 0 atom stereocenters. The van der Waals surface area contributed by atoms with Crippen molar-refractivity contribution in [3.8, 4) is 5.75 Å². The third kappa shape index (κ3) is 3.19. The number of rotatable bonds is 4. The first-order valence-corrected chi connectivity index (χ1v) is 9.17. The van der Waals surface area contributed by atoms with Crippen LogP contribution in [-0.2, 0) is 4.79 Å². The maximum atomic E-state index is 12.5. The van der Waals surface area contributed by atoms with E-state index < -0.39 is 0 Å². The van der Waals surface area contributed by atoms with Gasteiger partial charge in [0, 0.05) is 12.1 Å². The van der Waals surface area contributed by atoms with Crippen LogP contribution in [0, 0.1) is 0 Å². The fourth-order valence-corrected chi connectivity index (χ4v) is 4.05. The van der Waals surface area contributed by atoms with Crippen LogP contribution in [0.4, 0.5) is 0 Å². The Morgan fingerprint density at radius 3 is 2.67 bits per heavy atom. The molecule has 5 heteroatoms. The molecule has 0 aliphatic carbocycles. The largest absolute Gasteiger partial charge is 0.490 e. The van der Waals surface area contributed by atoms with E-state index in [9.17, 15) is 4.79 Å². The normalized spacial score (nSPS) is 16.7. The number of thioether (sulfide) groups is 1. The summed E-state index contributed by atoms with van der Waals surface area (Å²) in [6.07, 6.45) is 1.97. The first kappa shape index (κ1) is 17.0. The molecular weight excluding hydrogens is 338 g/mol. The van der Waals surface area contributed by atoms with E-state index in [1.54, 1.807) is 4.90 Å². The van der Waals surface area contributed by atoms with E-state index in [2.05, 4.69) is 12.1 Å². The number of likely N-dealkylation sites (N-methyl/N-ethyl adjacent to an activating group) is 1. The second kappa shape index (κ2) is 6.95. The summed E-state index contributed by atoms with van der Waals surface area (Å²) in [6.45, 7) is 6.51. The van der Waals surface area contributed by atoms with Crippen LogP contribution in [0.5, 0.6) is 5.75 Å². The highest BCUT2D eigenvalue weighted by molar-refractivity contribution is 8.26. The van der Waals surface area contributed by atoms with Crippen molar-refractivity contribution in [1.29, 1.82) is 0 Å². The highest BCUT2D eigenvalue weighted by Gasteiger charge is 2.31. The minimum absolute atomic E-state index is 0.0315. The van der Waals surface area contributed by atoms with Crippen molar-refractivity contribution < 1.29 is 9.53 Å². The summed E-state index contributed by atoms with van der Waals surface area (Å²) in [5, 5.41) is 2.18. The third-order valence-electron chi connectivity index (χ3n) is 3.76. The lowest BCUT2D eigenvalue weighted by Crippen LogP contribution is -2.27. The third-order valence-corrected chi connectivity index (χ3v) is 5.14. The van der Waals surface area contributed by atoms with E-state index in [1.807, 2.05) is 51.1 Å². The summed E-state index contributed by atoms with van der Waals surface area (Å²) in [7, 11) is 0. The summed E-state index contributed by atoms with van der Waals surface area (Å²) in [5.41, 5.74) is 0.929. The molecule has 1 aliphatic heterocycles. The lowest BCUT2D eigenvalue weighted by atomic mass is 10.0. The molecule has 3 rings (SSSR count). The Balaban J connectivity index is 2.15. The van der Waals surface area contributed by atoms with Gasteiger partial charge in [-0.25, -0.2) is 0 Å². The van der Waals surface area contributed by atoms with Crippen molar-refractivity contribution in [2.75, 3.05) is 6.54 Å². The van der Waals surface area contributed by atoms with E-state index in [0.717, 1.165) is 22.1 Å². The van der Waals surface area contributed by atoms with E-state index in [0.29, 0.717) is 15.8 Å². The molecule has 0 radical (unpaired) electrons. The van der Waals surface area contributed by atoms with Crippen molar-refractivity contribution in [3.63, 3.8) is 0 Å². The highest BCUT2D eigenvalue weighted by atomic mass is 32.2. The van der Waals surface area contributed by atoms with Crippen LogP contribution in [0.15, 0.2) is 41.3 Å². The molecule has 3 nitrogen and oxygen atoms in total. The monoisotopic (exact) mass is 357 g/mol. The number of nitrogens with zero attached hydrogens (tertiary/aromatic N) is 1. The lowest BCUT2D eigenvalue weighted by molar-refractivity contribution is -0.121. The second-order valence-corrected chi connectivity index (χ2v) is 7.47. The molecule has 1 amide bonds. The molecule has 1 saturated heterocycles. The molecule has 0 bridgehead atoms. The van der Waals surface area contributed by atoms with E-state index in [1.165, 1.54) is 11.8 Å². The Bertz CT molecular complexity index is 842. The van der Waals surface area contributed by atoms with Gasteiger partial charge in [0.05, 0.1) is 11.0 Å². The Hall–Kier alpha value is -1.85. The molecule has 0 saturated carbocycles. The Kier molecular flexibility index (Phi) is 4.92. The first-order chi connectivity index (χ1) is 11.5. The zero-order valence-electron chi connectivity index (χ0n) is 13.9. The Morgan fingerprint density at radius 1 is 1.25 bits per heavy atom. The Labute approximate surface area is 151 Å². The predicted molar refractivity (Wildman–Crippen MR) is 105 cm³/mol. The van der Waals surface area contributed by atoms with Crippen LogP contribution in [0.1, 0.15) is 26.3 Å². The molecule has 1 fully saturated rings. The van der Waals surface area contributed by atoms with Gasteiger partial charge in [0.2, 0.25) is 0 Å². The fraction of sp³-hybridized carbons (Fsp3) is 0.263. The lowest BCUT2D eigenvalue weighted by Gasteiger charge is -2.15. The SMILES string of the molecule is CCN1C(=O)/C(=C/c2c(OC(C)C)ccc3ccccc23)SC1=S. The van der Waals surface area contributed by atoms with Crippen LogP contribution in [0.2, 0.25) is 0 Å². The number of thiocarbonyl (C=S) groups is 1. The van der Waals surface area contributed by atoms with Crippen LogP contribution in [0.3, 0.4) is 0 Å². The van der Waals surface area contributed by atoms with E-state index in [4.69, 9.17) is 17.0 Å². The zero-order chi connectivity index (χ0) is 17.3. The molecule has 0 spiro atoms. The second-order valence-electron chi connectivity index (χ2n) is 5.79. The van der Waals surface area contributed by atoms with Crippen LogP contribution in [-0.4, -0.2) is 27.8 Å². The summed E-state index contributed by atoms with van der Waals surface area (Å²) >= 11 is 6.66. The fourth-order valence-electron chi connectivity index (χ4n) is 2.68. The summed E-state index contributed by atoms with van der Waals surface area (Å²) in [5.74, 6) is 0.751. The molecule has 0 N–H and O–H groups in total. The van der Waals surface area contributed by atoms with Crippen molar-refractivity contribution in [1.82, 2.24) is 4.90 Å². The van der Waals surface area contributed by atoms with Crippen molar-refractivity contribution in [2.24, 2.45) is 0 Å². The number of carbonyl (C=O) groups is 1. The first-order valence-electron chi connectivity index (χ1n) is 7.95. The summed E-state index contributed by atoms with van der Waals surface area (Å²) in [4.78, 5) is 14.8. The van der Waals surface area contributed by atoms with Gasteiger partial charge >= 0.3 is 0 Å². The van der Waals surface area contributed by atoms with Gasteiger partial charge in [-0.1, -0.05) is 54.3 Å². The predicted octanol–water partition coefficient (Wildman–Crippen LogP) is 4.85. The van der Waals surface area contributed by atoms with Crippen molar-refractivity contribution >= 4 is 51.1 Å². The van der Waals surface area contributed by atoms with Gasteiger partial charge in [-0.05, 0) is 43.7 Å². The molecule has 1 aliphatic rings. The minimum Gasteiger partial charge on any atom is -0.490 e. The van der Waals surface area contributed by atoms with Gasteiger partial charge in [0.15, 0.2) is 0 Å². The maximum Gasteiger partial charge on any atom is 0.266 e. The van der Waals surface area contributed by atoms with Crippen molar-refractivity contribution in [2.45, 2.75) is 26.9 Å². The average Bonchev–Trinajstić information content (AvgIpc) is 2.82. The molecule has 1 heterocycles. The number of amides is 1. The number of benzene rings is 2. The quantitative estimate of drug-likeness (QED) is 0.578. The highest BCUT2D eigenvalue weighted by Crippen LogP contribution is 2.37. The topological polar surface area (TPSA) is 29.5 Å². The van der Waals surface area contributed by atoms with Gasteiger partial charge in [0.1, 0.15) is 10.1 Å². The van der Waals surface area contributed by atoms with Crippen molar-refractivity contribution in [3.05, 3.63) is 46.9 Å². The van der Waals surface area contributed by atoms with Gasteiger partial charge in [-0.15, -0.1) is 0 Å². The molecule has 0 unspecified atom stereocenters. The molecule has 124 valence electrons. The van der Waals surface area contributed by atoms with Crippen LogP contribution >= 0.6 is 24.0 Å². The van der Waals surface area contributed by atoms with Gasteiger partial charge < -0.3 is 4.74 Å². The van der Waals surface area contributed by atoms with Crippen LogP contribution < -0.4 is 4.74 Å². The smallest absolute Gasteiger partial charge is 0.266 e. The molecule has 2 aromatic carbocycles. The molecule has 0 aromatic heterocycles. The summed E-state index contributed by atoms with van der Waals surface area (Å²) in [6, 6.07) is 12.1. The van der Waals surface area contributed by atoms with E-state index in [-0.39, 0.29) is 12.0 Å². The Morgan fingerprint density at radius 2 is 2.00 bits per heavy atom. The molecule has 2 aromatic rings. The van der Waals surface area contributed by atoms with Gasteiger partial charge in [-0.2, -0.15) is 0 Å². The average molecular weight is 358 g/mol. The summed E-state index contributed by atoms with van der Waals surface area (Å²) < 4.78 is 6.58. The standard InChI is InChI=1S/C19H19NO2S2/c1-4-20-18(21)17(24-19(20)23)11-15-14-8-6-5-7-13(14)9-10-16(15)22-12(2)3/h5-12H,4H2,1-3H3/b17-11-. The van der Waals surface area contributed by atoms with Crippen LogP contribution in [0.25, 0.3) is 16.8 Å². The maximum absolute atomic E-state index is 12.5. The van der Waals surface area contributed by atoms with Gasteiger partial charge in [0.25, 0.3) is 5.91 Å². The number of carbonyl (C=O) groups excluding carboxylic acids is 1. The molecular formula is C19H19NO2S2. The number of fused-ring (bicyclic) bond motifs is 1. The van der Waals surface area contributed by atoms with E-state index >= 15 is 0 Å². The van der Waals surface area contributed by atoms with Gasteiger partial charge in [-0.3, -0.25) is 9.69 Å². The molecule has 24 heavy (non-hydrogen) atoms. The zero-order valence-corrected chi connectivity index (χ0v) is 15.5. The minimum atomic E-state index is -0.0315. The number of hydrogen-bond donors (Lipinski definition) is 0. The number of ether oxygens (including phenoxy) is 1. The number of hydrogen-bond acceptors (Lipinski definition) is 4.